The third kappa shape index (κ3) is 5.89. The van der Waals surface area contributed by atoms with Crippen LogP contribution in [0.4, 0.5) is 0 Å². The van der Waals surface area contributed by atoms with Crippen LogP contribution in [0.1, 0.15) is 19.3 Å². The fourth-order valence-corrected chi connectivity index (χ4v) is 1.92. The zero-order valence-electron chi connectivity index (χ0n) is 11.2. The maximum Gasteiger partial charge on any atom is 0.191 e. The van der Waals surface area contributed by atoms with Gasteiger partial charge in [-0.25, -0.2) is 0 Å². The summed E-state index contributed by atoms with van der Waals surface area (Å²) in [6, 6.07) is 0. The topological polar surface area (TPSA) is 54.1 Å². The number of nitrogens with two attached hydrogens (primary N) is 1. The van der Waals surface area contributed by atoms with E-state index in [9.17, 15) is 0 Å². The van der Waals surface area contributed by atoms with E-state index in [1.165, 1.54) is 19.3 Å². The molecule has 0 atom stereocenters. The van der Waals surface area contributed by atoms with Crippen molar-refractivity contribution in [3.05, 3.63) is 0 Å². The van der Waals surface area contributed by atoms with E-state index in [2.05, 4.69) is 21.8 Å². The van der Waals surface area contributed by atoms with Crippen LogP contribution in [-0.2, 0) is 4.74 Å². The molecule has 1 rings (SSSR count). The number of likely N-dealkylation sites (tertiary alicyclic amines) is 1. The van der Waals surface area contributed by atoms with Gasteiger partial charge in [0.05, 0.1) is 13.2 Å². The second-order valence-electron chi connectivity index (χ2n) is 4.58. The summed E-state index contributed by atoms with van der Waals surface area (Å²) in [6.07, 6.45) is 3.80. The lowest BCUT2D eigenvalue weighted by Gasteiger charge is -2.27. The van der Waals surface area contributed by atoms with E-state index < -0.39 is 0 Å². The number of nitrogens with zero attached hydrogens (tertiary/aromatic N) is 3. The van der Waals surface area contributed by atoms with Gasteiger partial charge in [-0.15, -0.1) is 0 Å². The normalized spacial score (nSPS) is 17.8. The molecule has 0 aromatic rings. The van der Waals surface area contributed by atoms with Crippen LogP contribution in [0.25, 0.3) is 0 Å². The smallest absolute Gasteiger partial charge is 0.191 e. The van der Waals surface area contributed by atoms with Gasteiger partial charge in [0.2, 0.25) is 0 Å². The van der Waals surface area contributed by atoms with E-state index in [1.54, 1.807) is 7.11 Å². The molecule has 1 aliphatic rings. The molecule has 1 saturated heterocycles. The zero-order valence-corrected chi connectivity index (χ0v) is 11.2. The van der Waals surface area contributed by atoms with Crippen LogP contribution in [0.3, 0.4) is 0 Å². The standard InChI is InChI=1S/C12H26N4O/c1-15(10-11-17-2)9-6-14-12(13)16-7-4-3-5-8-16/h3-11H2,1-2H3,(H2,13,14). The fraction of sp³-hybridized carbons (Fsp3) is 0.917. The molecule has 0 radical (unpaired) electrons. The van der Waals surface area contributed by atoms with Gasteiger partial charge in [-0.3, -0.25) is 4.99 Å². The van der Waals surface area contributed by atoms with Gasteiger partial charge in [-0.05, 0) is 26.3 Å². The average molecular weight is 242 g/mol. The maximum absolute atomic E-state index is 5.97. The summed E-state index contributed by atoms with van der Waals surface area (Å²) >= 11 is 0. The highest BCUT2D eigenvalue weighted by Gasteiger charge is 2.11. The highest BCUT2D eigenvalue weighted by atomic mass is 16.5. The van der Waals surface area contributed by atoms with Crippen molar-refractivity contribution >= 4 is 5.96 Å². The number of ether oxygens (including phenoxy) is 1. The first-order valence-corrected chi connectivity index (χ1v) is 6.46. The van der Waals surface area contributed by atoms with E-state index >= 15 is 0 Å². The van der Waals surface area contributed by atoms with Crippen LogP contribution < -0.4 is 5.73 Å². The Morgan fingerprint density at radius 3 is 2.65 bits per heavy atom. The van der Waals surface area contributed by atoms with Crippen molar-refractivity contribution in [2.24, 2.45) is 10.7 Å². The molecule has 0 bridgehead atoms. The average Bonchev–Trinajstić information content (AvgIpc) is 2.37. The fourth-order valence-electron chi connectivity index (χ4n) is 1.92. The number of hydrogen-bond donors (Lipinski definition) is 1. The summed E-state index contributed by atoms with van der Waals surface area (Å²) < 4.78 is 5.02. The van der Waals surface area contributed by atoms with E-state index in [4.69, 9.17) is 10.5 Å². The Bertz CT molecular complexity index is 227. The Kier molecular flexibility index (Phi) is 6.96. The number of aliphatic imine (C=N–C) groups is 1. The number of methoxy groups -OCH3 is 1. The Hall–Kier alpha value is -0.810. The molecule has 0 aliphatic carbocycles. The highest BCUT2D eigenvalue weighted by Crippen LogP contribution is 2.07. The van der Waals surface area contributed by atoms with Crippen molar-refractivity contribution < 1.29 is 4.74 Å². The van der Waals surface area contributed by atoms with Crippen LogP contribution in [0.2, 0.25) is 0 Å². The molecule has 2 N–H and O–H groups in total. The predicted molar refractivity (Wildman–Crippen MR) is 71.3 cm³/mol. The van der Waals surface area contributed by atoms with Gasteiger partial charge in [-0.1, -0.05) is 0 Å². The molecule has 1 aliphatic heterocycles. The van der Waals surface area contributed by atoms with Crippen molar-refractivity contribution in [1.82, 2.24) is 9.80 Å². The molecule has 1 heterocycles. The first-order chi connectivity index (χ1) is 8.24. The molecule has 5 heteroatoms. The molecule has 0 spiro atoms. The highest BCUT2D eigenvalue weighted by molar-refractivity contribution is 5.78. The largest absolute Gasteiger partial charge is 0.383 e. The number of piperidine rings is 1. The lowest BCUT2D eigenvalue weighted by Crippen LogP contribution is -2.41. The molecule has 0 unspecified atom stereocenters. The van der Waals surface area contributed by atoms with Gasteiger partial charge in [0.1, 0.15) is 0 Å². The van der Waals surface area contributed by atoms with Gasteiger partial charge >= 0.3 is 0 Å². The molecule has 0 aromatic heterocycles. The van der Waals surface area contributed by atoms with Crippen molar-refractivity contribution in [1.29, 1.82) is 0 Å². The first-order valence-electron chi connectivity index (χ1n) is 6.46. The van der Waals surface area contributed by atoms with Crippen LogP contribution in [-0.4, -0.2) is 69.2 Å². The summed E-state index contributed by atoms with van der Waals surface area (Å²) in [7, 11) is 3.80. The van der Waals surface area contributed by atoms with E-state index in [1.807, 2.05) is 0 Å². The summed E-state index contributed by atoms with van der Waals surface area (Å²) in [5.41, 5.74) is 5.97. The maximum atomic E-state index is 5.97. The van der Waals surface area contributed by atoms with Crippen LogP contribution in [0, 0.1) is 0 Å². The molecule has 0 aromatic carbocycles. The van der Waals surface area contributed by atoms with Crippen molar-refractivity contribution in [3.8, 4) is 0 Å². The monoisotopic (exact) mass is 242 g/mol. The second-order valence-corrected chi connectivity index (χ2v) is 4.58. The van der Waals surface area contributed by atoms with E-state index in [0.29, 0.717) is 5.96 Å². The van der Waals surface area contributed by atoms with Gasteiger partial charge in [0.15, 0.2) is 5.96 Å². The number of guanidine groups is 1. The van der Waals surface area contributed by atoms with Gasteiger partial charge in [0, 0.05) is 33.3 Å². The first kappa shape index (κ1) is 14.3. The van der Waals surface area contributed by atoms with Crippen LogP contribution >= 0.6 is 0 Å². The lowest BCUT2D eigenvalue weighted by atomic mass is 10.1. The molecule has 0 saturated carbocycles. The van der Waals surface area contributed by atoms with E-state index in [0.717, 1.165) is 39.3 Å². The van der Waals surface area contributed by atoms with Gasteiger partial charge in [0.25, 0.3) is 0 Å². The summed E-state index contributed by atoms with van der Waals surface area (Å²) in [5.74, 6) is 0.713. The van der Waals surface area contributed by atoms with Gasteiger partial charge < -0.3 is 20.3 Å². The minimum absolute atomic E-state index is 0.713. The van der Waals surface area contributed by atoms with Crippen LogP contribution in [0.15, 0.2) is 4.99 Å². The van der Waals surface area contributed by atoms with Crippen LogP contribution in [0.5, 0.6) is 0 Å². The van der Waals surface area contributed by atoms with Gasteiger partial charge in [-0.2, -0.15) is 0 Å². The van der Waals surface area contributed by atoms with Crippen molar-refractivity contribution in [2.75, 3.05) is 53.5 Å². The number of rotatable bonds is 6. The molecular weight excluding hydrogens is 216 g/mol. The Morgan fingerprint density at radius 1 is 1.29 bits per heavy atom. The predicted octanol–water partition coefficient (Wildman–Crippen LogP) is 0.365. The third-order valence-corrected chi connectivity index (χ3v) is 3.11. The molecule has 5 nitrogen and oxygen atoms in total. The summed E-state index contributed by atoms with van der Waals surface area (Å²) in [6.45, 7) is 5.53. The quantitative estimate of drug-likeness (QED) is 0.540. The van der Waals surface area contributed by atoms with E-state index in [-0.39, 0.29) is 0 Å². The lowest BCUT2D eigenvalue weighted by molar-refractivity contribution is 0.163. The Labute approximate surface area is 105 Å². The summed E-state index contributed by atoms with van der Waals surface area (Å²) in [5, 5.41) is 0. The Balaban J connectivity index is 2.17. The number of likely N-dealkylation sites (N-methyl/N-ethyl adjacent to an activating group) is 1. The Morgan fingerprint density at radius 2 is 2.00 bits per heavy atom. The molecule has 1 fully saturated rings. The molecule has 17 heavy (non-hydrogen) atoms. The molecule has 100 valence electrons. The third-order valence-electron chi connectivity index (χ3n) is 3.11. The van der Waals surface area contributed by atoms with Crippen molar-refractivity contribution in [3.63, 3.8) is 0 Å². The second kappa shape index (κ2) is 8.31. The van der Waals surface area contributed by atoms with Crippen molar-refractivity contribution in [2.45, 2.75) is 19.3 Å². The zero-order chi connectivity index (χ0) is 12.5. The SMILES string of the molecule is COCCN(C)CCN=C(N)N1CCCCC1. The summed E-state index contributed by atoms with van der Waals surface area (Å²) in [4.78, 5) is 8.83. The minimum atomic E-state index is 0.713. The molecule has 0 amide bonds. The minimum Gasteiger partial charge on any atom is -0.383 e. The number of hydrogen-bond acceptors (Lipinski definition) is 3. The molecular formula is C12H26N4O.